The molecule has 0 radical (unpaired) electrons. The third kappa shape index (κ3) is 3.23. The number of hydrogen-bond acceptors (Lipinski definition) is 4. The minimum Gasteiger partial charge on any atom is -0.363 e. The van der Waals surface area contributed by atoms with Crippen molar-refractivity contribution in [3.05, 3.63) is 17.5 Å². The van der Waals surface area contributed by atoms with Gasteiger partial charge in [-0.3, -0.25) is 0 Å². The third-order valence-corrected chi connectivity index (χ3v) is 3.03. The second-order valence-electron chi connectivity index (χ2n) is 3.20. The van der Waals surface area contributed by atoms with Gasteiger partial charge in [0, 0.05) is 25.5 Å². The highest BCUT2D eigenvalue weighted by atomic mass is 32.2. The predicted octanol–water partition coefficient (Wildman–Crippen LogP) is 2.03. The van der Waals surface area contributed by atoms with Crippen LogP contribution in [0.4, 0.5) is 0 Å². The quantitative estimate of drug-likeness (QED) is 0.416. The van der Waals surface area contributed by atoms with Gasteiger partial charge in [0.2, 0.25) is 0 Å². The highest BCUT2D eigenvalue weighted by molar-refractivity contribution is 8.22. The number of aromatic nitrogens is 2. The van der Waals surface area contributed by atoms with Gasteiger partial charge in [0.05, 0.1) is 0 Å². The van der Waals surface area contributed by atoms with Crippen molar-refractivity contribution in [2.45, 2.75) is 19.0 Å². The highest BCUT2D eigenvalue weighted by Crippen LogP contribution is 2.16. The standard InChI is InChI=1S/C9H13N3S2/c1-6-5-7(2)11-8(10-6)14-9(13)12(3)4/h5H,1-4H3. The first kappa shape index (κ1) is 11.4. The molecule has 1 rings (SSSR count). The molecule has 0 aliphatic rings. The minimum absolute atomic E-state index is 0.723. The molecule has 3 nitrogen and oxygen atoms in total. The van der Waals surface area contributed by atoms with Crippen LogP contribution in [0.3, 0.4) is 0 Å². The van der Waals surface area contributed by atoms with Crippen LogP contribution in [0.15, 0.2) is 11.2 Å². The number of aryl methyl sites for hydroxylation is 2. The zero-order valence-electron chi connectivity index (χ0n) is 8.74. The highest BCUT2D eigenvalue weighted by Gasteiger charge is 2.05. The molecule has 76 valence electrons. The predicted molar refractivity (Wildman–Crippen MR) is 63.6 cm³/mol. The summed E-state index contributed by atoms with van der Waals surface area (Å²) in [5.41, 5.74) is 1.95. The first-order chi connectivity index (χ1) is 6.49. The summed E-state index contributed by atoms with van der Waals surface area (Å²) >= 11 is 6.57. The van der Waals surface area contributed by atoms with E-state index >= 15 is 0 Å². The zero-order chi connectivity index (χ0) is 10.7. The number of rotatable bonds is 1. The van der Waals surface area contributed by atoms with E-state index in [-0.39, 0.29) is 0 Å². The van der Waals surface area contributed by atoms with Crippen molar-refractivity contribution in [3.8, 4) is 0 Å². The van der Waals surface area contributed by atoms with Gasteiger partial charge < -0.3 is 4.90 Å². The van der Waals surface area contributed by atoms with E-state index in [9.17, 15) is 0 Å². The smallest absolute Gasteiger partial charge is 0.195 e. The van der Waals surface area contributed by atoms with Crippen LogP contribution >= 0.6 is 24.0 Å². The lowest BCUT2D eigenvalue weighted by molar-refractivity contribution is 0.647. The fourth-order valence-corrected chi connectivity index (χ4v) is 1.85. The molecule has 0 amide bonds. The molecule has 0 unspecified atom stereocenters. The van der Waals surface area contributed by atoms with E-state index in [1.54, 1.807) is 0 Å². The molecule has 0 atom stereocenters. The average molecular weight is 227 g/mol. The molecule has 0 saturated heterocycles. The molecule has 1 aromatic heterocycles. The van der Waals surface area contributed by atoms with Crippen molar-refractivity contribution < 1.29 is 0 Å². The van der Waals surface area contributed by atoms with Crippen molar-refractivity contribution in [1.29, 1.82) is 0 Å². The Hall–Kier alpha value is -0.680. The van der Waals surface area contributed by atoms with E-state index in [4.69, 9.17) is 12.2 Å². The van der Waals surface area contributed by atoms with Gasteiger partial charge in [-0.1, -0.05) is 12.2 Å². The summed E-state index contributed by atoms with van der Waals surface area (Å²) in [5.74, 6) is 0. The van der Waals surface area contributed by atoms with Crippen LogP contribution in [-0.2, 0) is 0 Å². The maximum absolute atomic E-state index is 5.16. The van der Waals surface area contributed by atoms with Gasteiger partial charge in [-0.25, -0.2) is 9.97 Å². The summed E-state index contributed by atoms with van der Waals surface area (Å²) in [6.07, 6.45) is 0. The summed E-state index contributed by atoms with van der Waals surface area (Å²) < 4.78 is 0.773. The molecule has 1 aromatic rings. The van der Waals surface area contributed by atoms with Gasteiger partial charge in [-0.05, 0) is 31.7 Å². The Morgan fingerprint density at radius 2 is 1.79 bits per heavy atom. The van der Waals surface area contributed by atoms with Crippen LogP contribution in [-0.4, -0.2) is 33.3 Å². The van der Waals surface area contributed by atoms with Crippen molar-refractivity contribution in [3.63, 3.8) is 0 Å². The molecular formula is C9H13N3S2. The normalized spacial score (nSPS) is 10.0. The monoisotopic (exact) mass is 227 g/mol. The Labute approximate surface area is 93.9 Å². The minimum atomic E-state index is 0.723. The van der Waals surface area contributed by atoms with E-state index in [1.165, 1.54) is 11.8 Å². The fraction of sp³-hybridized carbons (Fsp3) is 0.444. The van der Waals surface area contributed by atoms with Gasteiger partial charge >= 0.3 is 0 Å². The Morgan fingerprint density at radius 3 is 2.21 bits per heavy atom. The van der Waals surface area contributed by atoms with Crippen LogP contribution in [0.2, 0.25) is 0 Å². The zero-order valence-corrected chi connectivity index (χ0v) is 10.4. The molecule has 0 aliphatic carbocycles. The Balaban J connectivity index is 2.82. The van der Waals surface area contributed by atoms with E-state index in [1.807, 2.05) is 38.9 Å². The van der Waals surface area contributed by atoms with Crippen molar-refractivity contribution in [1.82, 2.24) is 14.9 Å². The van der Waals surface area contributed by atoms with Gasteiger partial charge in [0.1, 0.15) is 4.32 Å². The van der Waals surface area contributed by atoms with Crippen LogP contribution in [0, 0.1) is 13.8 Å². The SMILES string of the molecule is Cc1cc(C)nc(SC(=S)N(C)C)n1. The summed E-state index contributed by atoms with van der Waals surface area (Å²) in [5, 5.41) is 0.723. The molecule has 0 aromatic carbocycles. The lowest BCUT2D eigenvalue weighted by Gasteiger charge is -2.11. The molecule has 1 heterocycles. The van der Waals surface area contributed by atoms with Crippen LogP contribution in [0.5, 0.6) is 0 Å². The third-order valence-electron chi connectivity index (χ3n) is 1.51. The van der Waals surface area contributed by atoms with Crippen molar-refractivity contribution in [2.75, 3.05) is 14.1 Å². The van der Waals surface area contributed by atoms with Crippen LogP contribution in [0.1, 0.15) is 11.4 Å². The first-order valence-electron chi connectivity index (χ1n) is 4.20. The van der Waals surface area contributed by atoms with Gasteiger partial charge in [0.25, 0.3) is 0 Å². The van der Waals surface area contributed by atoms with Crippen molar-refractivity contribution in [2.24, 2.45) is 0 Å². The maximum atomic E-state index is 5.16. The van der Waals surface area contributed by atoms with E-state index in [2.05, 4.69) is 9.97 Å². The summed E-state index contributed by atoms with van der Waals surface area (Å²) in [6.45, 7) is 3.91. The molecule has 0 spiro atoms. The average Bonchev–Trinajstić information content (AvgIpc) is 2.01. The maximum Gasteiger partial charge on any atom is 0.195 e. The number of hydrogen-bond donors (Lipinski definition) is 0. The second-order valence-corrected chi connectivity index (χ2v) is 4.80. The number of thioether (sulfide) groups is 1. The topological polar surface area (TPSA) is 29.0 Å². The van der Waals surface area contributed by atoms with Crippen LogP contribution < -0.4 is 0 Å². The largest absolute Gasteiger partial charge is 0.363 e. The molecule has 0 aliphatic heterocycles. The lowest BCUT2D eigenvalue weighted by Crippen LogP contribution is -2.16. The lowest BCUT2D eigenvalue weighted by atomic mass is 10.4. The van der Waals surface area contributed by atoms with Gasteiger partial charge in [-0.15, -0.1) is 0 Å². The Morgan fingerprint density at radius 1 is 1.29 bits per heavy atom. The molecular weight excluding hydrogens is 214 g/mol. The molecule has 0 saturated carbocycles. The van der Waals surface area contributed by atoms with E-state index < -0.39 is 0 Å². The van der Waals surface area contributed by atoms with Gasteiger partial charge in [0.15, 0.2) is 5.16 Å². The van der Waals surface area contributed by atoms with Crippen molar-refractivity contribution >= 4 is 28.3 Å². The molecule has 5 heteroatoms. The number of thiocarbonyl (C=S) groups is 1. The molecule has 0 N–H and O–H groups in total. The fourth-order valence-electron chi connectivity index (χ4n) is 0.909. The van der Waals surface area contributed by atoms with E-state index in [0.717, 1.165) is 20.9 Å². The summed E-state index contributed by atoms with van der Waals surface area (Å²) in [6, 6.07) is 1.95. The first-order valence-corrected chi connectivity index (χ1v) is 5.43. The van der Waals surface area contributed by atoms with Crippen LogP contribution in [0.25, 0.3) is 0 Å². The Kier molecular flexibility index (Phi) is 3.83. The molecule has 0 bridgehead atoms. The van der Waals surface area contributed by atoms with E-state index in [0.29, 0.717) is 0 Å². The summed E-state index contributed by atoms with van der Waals surface area (Å²) in [7, 11) is 3.83. The second kappa shape index (κ2) is 4.70. The summed E-state index contributed by atoms with van der Waals surface area (Å²) in [4.78, 5) is 10.5. The Bertz CT molecular complexity index is 330. The molecule has 14 heavy (non-hydrogen) atoms. The molecule has 0 fully saturated rings. The number of nitrogens with zero attached hydrogens (tertiary/aromatic N) is 3. The van der Waals surface area contributed by atoms with Gasteiger partial charge in [-0.2, -0.15) is 0 Å².